The van der Waals surface area contributed by atoms with Crippen LogP contribution in [-0.4, -0.2) is 76.0 Å². The first kappa shape index (κ1) is 21.4. The zero-order valence-electron chi connectivity index (χ0n) is 17.3. The van der Waals surface area contributed by atoms with Gasteiger partial charge >= 0.3 is 0 Å². The fourth-order valence-corrected chi connectivity index (χ4v) is 3.08. The average Bonchev–Trinajstić information content (AvgIpc) is 2.69. The third kappa shape index (κ3) is 7.34. The highest BCUT2D eigenvalue weighted by Crippen LogP contribution is 2.15. The molecule has 7 heteroatoms. The number of hydrogen-bond acceptors (Lipinski definition) is 5. The molecule has 1 N–H and O–H groups in total. The minimum Gasteiger partial charge on any atom is -0.385 e. The van der Waals surface area contributed by atoms with Gasteiger partial charge in [-0.1, -0.05) is 0 Å². The maximum absolute atomic E-state index is 5.96. The molecule has 0 aromatic carbocycles. The van der Waals surface area contributed by atoms with Crippen molar-refractivity contribution in [1.82, 2.24) is 15.2 Å². The lowest BCUT2D eigenvalue weighted by Crippen LogP contribution is -2.47. The standard InChI is InChI=1S/C20H35N5O2/c1-5-21-20(23-16-17-7-10-22-19(15-17)24(2)3)25-11-8-18(9-12-25)27-14-6-13-26-4/h7,10,15,18H,5-6,8-9,11-14,16H2,1-4H3,(H,21,23). The summed E-state index contributed by atoms with van der Waals surface area (Å²) in [5.41, 5.74) is 1.17. The van der Waals surface area contributed by atoms with Crippen LogP contribution in [0.5, 0.6) is 0 Å². The number of nitrogens with zero attached hydrogens (tertiary/aromatic N) is 4. The molecule has 0 saturated carbocycles. The molecule has 7 nitrogen and oxygen atoms in total. The third-order valence-electron chi connectivity index (χ3n) is 4.60. The van der Waals surface area contributed by atoms with E-state index in [0.29, 0.717) is 12.6 Å². The van der Waals surface area contributed by atoms with Crippen LogP contribution in [0.1, 0.15) is 31.7 Å². The SMILES string of the molecule is CCNC(=NCc1ccnc(N(C)C)c1)N1CCC(OCCCOC)CC1. The summed E-state index contributed by atoms with van der Waals surface area (Å²) in [5.74, 6) is 1.94. The maximum atomic E-state index is 5.96. The number of guanidine groups is 1. The predicted octanol–water partition coefficient (Wildman–Crippen LogP) is 2.13. The van der Waals surface area contributed by atoms with Gasteiger partial charge in [0.1, 0.15) is 5.82 Å². The average molecular weight is 378 g/mol. The fourth-order valence-electron chi connectivity index (χ4n) is 3.08. The minimum atomic E-state index is 0.351. The molecule has 152 valence electrons. The van der Waals surface area contributed by atoms with Gasteiger partial charge in [-0.15, -0.1) is 0 Å². The van der Waals surface area contributed by atoms with Crippen LogP contribution in [0.15, 0.2) is 23.3 Å². The minimum absolute atomic E-state index is 0.351. The quantitative estimate of drug-likeness (QED) is 0.404. The molecule has 0 amide bonds. The number of anilines is 1. The van der Waals surface area contributed by atoms with Gasteiger partial charge in [-0.25, -0.2) is 9.98 Å². The molecule has 0 atom stereocenters. The fraction of sp³-hybridized carbons (Fsp3) is 0.700. The van der Waals surface area contributed by atoms with Crippen molar-refractivity contribution in [3.63, 3.8) is 0 Å². The summed E-state index contributed by atoms with van der Waals surface area (Å²) in [5, 5.41) is 3.43. The van der Waals surface area contributed by atoms with Gasteiger partial charge in [0.2, 0.25) is 0 Å². The lowest BCUT2D eigenvalue weighted by molar-refractivity contribution is 0.00990. The van der Waals surface area contributed by atoms with Gasteiger partial charge in [0.05, 0.1) is 12.6 Å². The van der Waals surface area contributed by atoms with Crippen molar-refractivity contribution in [1.29, 1.82) is 0 Å². The van der Waals surface area contributed by atoms with E-state index in [4.69, 9.17) is 14.5 Å². The van der Waals surface area contributed by atoms with Crippen LogP contribution >= 0.6 is 0 Å². The van der Waals surface area contributed by atoms with Gasteiger partial charge in [-0.05, 0) is 43.9 Å². The summed E-state index contributed by atoms with van der Waals surface area (Å²) in [6.07, 6.45) is 5.24. The second-order valence-corrected chi connectivity index (χ2v) is 6.99. The summed E-state index contributed by atoms with van der Waals surface area (Å²) in [6.45, 7) is 7.12. The molecule has 1 aromatic rings. The molecular weight excluding hydrogens is 342 g/mol. The number of ether oxygens (including phenoxy) is 2. The lowest BCUT2D eigenvalue weighted by Gasteiger charge is -2.34. The molecule has 1 aliphatic rings. The number of nitrogens with one attached hydrogen (secondary N) is 1. The van der Waals surface area contributed by atoms with Crippen LogP contribution in [-0.2, 0) is 16.0 Å². The molecule has 0 unspecified atom stereocenters. The van der Waals surface area contributed by atoms with E-state index < -0.39 is 0 Å². The molecule has 0 aliphatic carbocycles. The molecular formula is C20H35N5O2. The topological polar surface area (TPSA) is 62.2 Å². The molecule has 1 aromatic heterocycles. The first-order chi connectivity index (χ1) is 13.1. The predicted molar refractivity (Wildman–Crippen MR) is 110 cm³/mol. The van der Waals surface area contributed by atoms with Gasteiger partial charge < -0.3 is 24.6 Å². The lowest BCUT2D eigenvalue weighted by atomic mass is 10.1. The molecule has 0 radical (unpaired) electrons. The zero-order valence-corrected chi connectivity index (χ0v) is 17.3. The van der Waals surface area contributed by atoms with E-state index in [9.17, 15) is 0 Å². The van der Waals surface area contributed by atoms with E-state index in [1.54, 1.807) is 7.11 Å². The van der Waals surface area contributed by atoms with Crippen molar-refractivity contribution < 1.29 is 9.47 Å². The highest BCUT2D eigenvalue weighted by molar-refractivity contribution is 5.80. The number of rotatable bonds is 9. The monoisotopic (exact) mass is 377 g/mol. The Bertz CT molecular complexity index is 571. The Morgan fingerprint density at radius 2 is 2.11 bits per heavy atom. The van der Waals surface area contributed by atoms with Crippen molar-refractivity contribution in [3.05, 3.63) is 23.9 Å². The number of aliphatic imine (C=N–C) groups is 1. The second-order valence-electron chi connectivity index (χ2n) is 6.99. The summed E-state index contributed by atoms with van der Waals surface area (Å²) in [7, 11) is 5.73. The molecule has 2 rings (SSSR count). The highest BCUT2D eigenvalue weighted by Gasteiger charge is 2.21. The summed E-state index contributed by atoms with van der Waals surface area (Å²) < 4.78 is 11.0. The number of pyridine rings is 1. The molecule has 0 bridgehead atoms. The van der Waals surface area contributed by atoms with E-state index in [0.717, 1.165) is 63.9 Å². The van der Waals surface area contributed by atoms with Crippen LogP contribution in [0.25, 0.3) is 0 Å². The van der Waals surface area contributed by atoms with Crippen LogP contribution in [0.3, 0.4) is 0 Å². The molecule has 1 fully saturated rings. The smallest absolute Gasteiger partial charge is 0.194 e. The largest absolute Gasteiger partial charge is 0.385 e. The first-order valence-corrected chi connectivity index (χ1v) is 9.90. The Morgan fingerprint density at radius 1 is 1.33 bits per heavy atom. The summed E-state index contributed by atoms with van der Waals surface area (Å²) >= 11 is 0. The normalized spacial score (nSPS) is 15.9. The van der Waals surface area contributed by atoms with Crippen LogP contribution in [0, 0.1) is 0 Å². The van der Waals surface area contributed by atoms with E-state index >= 15 is 0 Å². The molecule has 0 spiro atoms. The van der Waals surface area contributed by atoms with Crippen molar-refractivity contribution in [3.8, 4) is 0 Å². The van der Waals surface area contributed by atoms with E-state index in [2.05, 4.69) is 28.2 Å². The molecule has 1 saturated heterocycles. The van der Waals surface area contributed by atoms with Crippen molar-refractivity contribution in [2.45, 2.75) is 38.8 Å². The van der Waals surface area contributed by atoms with Crippen LogP contribution in [0.4, 0.5) is 5.82 Å². The zero-order chi connectivity index (χ0) is 19.5. The molecule has 2 heterocycles. The van der Waals surface area contributed by atoms with Crippen molar-refractivity contribution in [2.75, 3.05) is 59.0 Å². The Balaban J connectivity index is 1.87. The summed E-state index contributed by atoms with van der Waals surface area (Å²) in [4.78, 5) is 13.6. The second kappa shape index (κ2) is 11.8. The summed E-state index contributed by atoms with van der Waals surface area (Å²) in [6, 6.07) is 4.12. The van der Waals surface area contributed by atoms with Gasteiger partial charge in [-0.2, -0.15) is 0 Å². The van der Waals surface area contributed by atoms with Crippen LogP contribution in [0.2, 0.25) is 0 Å². The Labute approximate surface area is 163 Å². The highest BCUT2D eigenvalue weighted by atomic mass is 16.5. The first-order valence-electron chi connectivity index (χ1n) is 9.90. The number of methoxy groups -OCH3 is 1. The number of hydrogen-bond donors (Lipinski definition) is 1. The molecule has 27 heavy (non-hydrogen) atoms. The van der Waals surface area contributed by atoms with Gasteiger partial charge in [0, 0.05) is 60.3 Å². The maximum Gasteiger partial charge on any atom is 0.194 e. The Morgan fingerprint density at radius 3 is 2.78 bits per heavy atom. The van der Waals surface area contributed by atoms with Gasteiger partial charge in [0.15, 0.2) is 5.96 Å². The van der Waals surface area contributed by atoms with Crippen LogP contribution < -0.4 is 10.2 Å². The van der Waals surface area contributed by atoms with E-state index in [1.807, 2.05) is 31.3 Å². The Hall–Kier alpha value is -1.86. The van der Waals surface area contributed by atoms with Gasteiger partial charge in [0.25, 0.3) is 0 Å². The number of piperidine rings is 1. The molecule has 1 aliphatic heterocycles. The van der Waals surface area contributed by atoms with E-state index in [-0.39, 0.29) is 0 Å². The number of aromatic nitrogens is 1. The van der Waals surface area contributed by atoms with Crippen molar-refractivity contribution >= 4 is 11.8 Å². The van der Waals surface area contributed by atoms with E-state index in [1.165, 1.54) is 5.56 Å². The van der Waals surface area contributed by atoms with Gasteiger partial charge in [-0.3, -0.25) is 0 Å². The Kier molecular flexibility index (Phi) is 9.35. The van der Waals surface area contributed by atoms with Crippen molar-refractivity contribution in [2.24, 2.45) is 4.99 Å². The number of likely N-dealkylation sites (tertiary alicyclic amines) is 1. The third-order valence-corrected chi connectivity index (χ3v) is 4.60.